The van der Waals surface area contributed by atoms with Crippen molar-refractivity contribution in [3.8, 4) is 17.2 Å². The number of amides is 1. The minimum Gasteiger partial charge on any atom is -0.497 e. The molecule has 1 amide bonds. The standard InChI is InChI=1S/C20H22N2O4/c1-13(23)22-19(17-7-5-6-8-20(17)26-4)12-18(21-22)14-9-15(24-2)11-16(10-14)25-3/h5-11,19H,12H2,1-4H3/t19-/m1/s1. The van der Waals surface area contributed by atoms with Gasteiger partial charge >= 0.3 is 0 Å². The van der Waals surface area contributed by atoms with Crippen LogP contribution < -0.4 is 14.2 Å². The minimum atomic E-state index is -0.212. The van der Waals surface area contributed by atoms with Gasteiger partial charge in [0, 0.05) is 30.5 Å². The molecule has 1 aliphatic heterocycles. The molecule has 3 rings (SSSR count). The lowest BCUT2D eigenvalue weighted by Gasteiger charge is -2.22. The molecule has 0 aromatic heterocycles. The van der Waals surface area contributed by atoms with Gasteiger partial charge in [-0.3, -0.25) is 4.79 Å². The topological polar surface area (TPSA) is 60.4 Å². The van der Waals surface area contributed by atoms with E-state index >= 15 is 0 Å². The molecule has 26 heavy (non-hydrogen) atoms. The van der Waals surface area contributed by atoms with Gasteiger partial charge in [0.05, 0.1) is 33.1 Å². The maximum absolute atomic E-state index is 12.2. The van der Waals surface area contributed by atoms with Crippen LogP contribution in [0.3, 0.4) is 0 Å². The highest BCUT2D eigenvalue weighted by Gasteiger charge is 2.33. The lowest BCUT2D eigenvalue weighted by atomic mass is 9.97. The van der Waals surface area contributed by atoms with E-state index in [0.29, 0.717) is 17.9 Å². The van der Waals surface area contributed by atoms with Crippen LogP contribution in [-0.4, -0.2) is 38.0 Å². The van der Waals surface area contributed by atoms with E-state index in [-0.39, 0.29) is 11.9 Å². The Morgan fingerprint density at radius 2 is 1.69 bits per heavy atom. The van der Waals surface area contributed by atoms with E-state index in [1.165, 1.54) is 11.9 Å². The molecular weight excluding hydrogens is 332 g/mol. The van der Waals surface area contributed by atoms with Gasteiger partial charge < -0.3 is 14.2 Å². The van der Waals surface area contributed by atoms with Crippen molar-refractivity contribution < 1.29 is 19.0 Å². The van der Waals surface area contributed by atoms with Crippen LogP contribution in [0.25, 0.3) is 0 Å². The summed E-state index contributed by atoms with van der Waals surface area (Å²) < 4.78 is 16.2. The molecule has 0 fully saturated rings. The second-order valence-corrected chi connectivity index (χ2v) is 5.97. The summed E-state index contributed by atoms with van der Waals surface area (Å²) in [5.41, 5.74) is 2.59. The van der Waals surface area contributed by atoms with Gasteiger partial charge in [0.25, 0.3) is 0 Å². The summed E-state index contributed by atoms with van der Waals surface area (Å²) in [6.45, 7) is 1.51. The van der Waals surface area contributed by atoms with Crippen molar-refractivity contribution in [1.29, 1.82) is 0 Å². The predicted octanol–water partition coefficient (Wildman–Crippen LogP) is 3.41. The van der Waals surface area contributed by atoms with Gasteiger partial charge in [-0.25, -0.2) is 5.01 Å². The Bertz CT molecular complexity index is 825. The molecule has 0 spiro atoms. The summed E-state index contributed by atoms with van der Waals surface area (Å²) >= 11 is 0. The highest BCUT2D eigenvalue weighted by atomic mass is 16.5. The lowest BCUT2D eigenvalue weighted by Crippen LogP contribution is -2.24. The Morgan fingerprint density at radius 1 is 1.04 bits per heavy atom. The third kappa shape index (κ3) is 3.35. The molecule has 1 heterocycles. The first-order chi connectivity index (χ1) is 12.6. The molecule has 0 saturated carbocycles. The number of nitrogens with zero attached hydrogens (tertiary/aromatic N) is 2. The van der Waals surface area contributed by atoms with Crippen molar-refractivity contribution in [3.63, 3.8) is 0 Å². The highest BCUT2D eigenvalue weighted by molar-refractivity contribution is 6.03. The zero-order valence-corrected chi connectivity index (χ0v) is 15.4. The number of benzene rings is 2. The third-order valence-corrected chi connectivity index (χ3v) is 4.42. The van der Waals surface area contributed by atoms with Crippen molar-refractivity contribution in [2.45, 2.75) is 19.4 Å². The number of rotatable bonds is 5. The molecule has 0 bridgehead atoms. The lowest BCUT2D eigenvalue weighted by molar-refractivity contribution is -0.130. The van der Waals surface area contributed by atoms with Crippen molar-refractivity contribution in [2.24, 2.45) is 5.10 Å². The zero-order valence-electron chi connectivity index (χ0n) is 15.4. The number of hydrogen-bond donors (Lipinski definition) is 0. The Balaban J connectivity index is 2.01. The number of para-hydroxylation sites is 1. The second kappa shape index (κ2) is 7.47. The normalized spacial score (nSPS) is 16.2. The Hall–Kier alpha value is -3.02. The monoisotopic (exact) mass is 354 g/mol. The Kier molecular flexibility index (Phi) is 5.11. The summed E-state index contributed by atoms with van der Waals surface area (Å²) in [5, 5.41) is 6.09. The number of hydrogen-bond acceptors (Lipinski definition) is 5. The molecule has 0 aliphatic carbocycles. The van der Waals surface area contributed by atoms with E-state index in [9.17, 15) is 4.79 Å². The molecule has 1 atom stereocenters. The summed E-state index contributed by atoms with van der Waals surface area (Å²) in [5.74, 6) is 1.98. The number of carbonyl (C=O) groups is 1. The van der Waals surface area contributed by atoms with Crippen LogP contribution in [0.1, 0.15) is 30.5 Å². The average molecular weight is 354 g/mol. The SMILES string of the molecule is COc1cc(OC)cc(C2=NN(C(C)=O)[C@@H](c3ccccc3OC)C2)c1. The predicted molar refractivity (Wildman–Crippen MR) is 99.0 cm³/mol. The summed E-state index contributed by atoms with van der Waals surface area (Å²) in [4.78, 5) is 12.2. The van der Waals surface area contributed by atoms with Crippen molar-refractivity contribution >= 4 is 11.6 Å². The highest BCUT2D eigenvalue weighted by Crippen LogP contribution is 2.38. The summed E-state index contributed by atoms with van der Waals surface area (Å²) in [6.07, 6.45) is 0.580. The van der Waals surface area contributed by atoms with E-state index in [1.54, 1.807) is 27.4 Å². The molecule has 0 N–H and O–H groups in total. The number of methoxy groups -OCH3 is 3. The maximum atomic E-state index is 12.2. The number of ether oxygens (including phenoxy) is 3. The van der Waals surface area contributed by atoms with Crippen LogP contribution in [0.5, 0.6) is 17.2 Å². The van der Waals surface area contributed by atoms with Crippen LogP contribution in [0.2, 0.25) is 0 Å². The van der Waals surface area contributed by atoms with E-state index in [4.69, 9.17) is 14.2 Å². The van der Waals surface area contributed by atoms with Crippen LogP contribution in [0, 0.1) is 0 Å². The first-order valence-electron chi connectivity index (χ1n) is 8.31. The molecule has 136 valence electrons. The second-order valence-electron chi connectivity index (χ2n) is 5.97. The Labute approximate surface area is 153 Å². The number of carbonyl (C=O) groups excluding carboxylic acids is 1. The van der Waals surface area contributed by atoms with Gasteiger partial charge in [0.1, 0.15) is 17.2 Å². The molecule has 1 aliphatic rings. The van der Waals surface area contributed by atoms with Crippen molar-refractivity contribution in [1.82, 2.24) is 5.01 Å². The maximum Gasteiger partial charge on any atom is 0.240 e. The molecule has 2 aromatic carbocycles. The molecule has 6 nitrogen and oxygen atoms in total. The molecule has 0 unspecified atom stereocenters. The van der Waals surface area contributed by atoms with Gasteiger partial charge in [-0.15, -0.1) is 0 Å². The molecule has 6 heteroatoms. The molecule has 0 radical (unpaired) electrons. The van der Waals surface area contributed by atoms with Gasteiger partial charge in [-0.2, -0.15) is 5.10 Å². The summed E-state index contributed by atoms with van der Waals surface area (Å²) in [7, 11) is 4.84. The van der Waals surface area contributed by atoms with Crippen molar-refractivity contribution in [2.75, 3.05) is 21.3 Å². The Morgan fingerprint density at radius 3 is 2.27 bits per heavy atom. The van der Waals surface area contributed by atoms with Gasteiger partial charge in [0.2, 0.25) is 5.91 Å². The van der Waals surface area contributed by atoms with Crippen LogP contribution >= 0.6 is 0 Å². The van der Waals surface area contributed by atoms with E-state index in [0.717, 1.165) is 22.6 Å². The fourth-order valence-corrected chi connectivity index (χ4v) is 3.13. The van der Waals surface area contributed by atoms with Crippen LogP contribution in [0.15, 0.2) is 47.6 Å². The fourth-order valence-electron chi connectivity index (χ4n) is 3.13. The molecule has 2 aromatic rings. The van der Waals surface area contributed by atoms with Gasteiger partial charge in [-0.05, 0) is 18.2 Å². The van der Waals surface area contributed by atoms with Crippen LogP contribution in [0.4, 0.5) is 0 Å². The zero-order chi connectivity index (χ0) is 18.7. The first-order valence-corrected chi connectivity index (χ1v) is 8.31. The molecular formula is C20H22N2O4. The van der Waals surface area contributed by atoms with Gasteiger partial charge in [0.15, 0.2) is 0 Å². The summed E-state index contributed by atoms with van der Waals surface area (Å²) in [6, 6.07) is 13.1. The van der Waals surface area contributed by atoms with E-state index in [2.05, 4.69) is 5.10 Å². The third-order valence-electron chi connectivity index (χ3n) is 4.42. The van der Waals surface area contributed by atoms with Gasteiger partial charge in [-0.1, -0.05) is 18.2 Å². The minimum absolute atomic E-state index is 0.120. The smallest absolute Gasteiger partial charge is 0.240 e. The quantitative estimate of drug-likeness (QED) is 0.826. The fraction of sp³-hybridized carbons (Fsp3) is 0.300. The van der Waals surface area contributed by atoms with E-state index < -0.39 is 0 Å². The molecule has 0 saturated heterocycles. The van der Waals surface area contributed by atoms with Crippen LogP contribution in [-0.2, 0) is 4.79 Å². The average Bonchev–Trinajstić information content (AvgIpc) is 3.13. The first kappa shape index (κ1) is 17.8. The largest absolute Gasteiger partial charge is 0.497 e. The number of hydrazone groups is 1. The van der Waals surface area contributed by atoms with Crippen molar-refractivity contribution in [3.05, 3.63) is 53.6 Å². The van der Waals surface area contributed by atoms with E-state index in [1.807, 2.05) is 36.4 Å².